The number of hydrogen-bond acceptors (Lipinski definition) is 3. The molecule has 2 N–H and O–H groups in total. The van der Waals surface area contributed by atoms with Gasteiger partial charge in [-0.2, -0.15) is 0 Å². The zero-order chi connectivity index (χ0) is 12.1. The van der Waals surface area contributed by atoms with Gasteiger partial charge in [0.05, 0.1) is 4.99 Å². The average molecular weight is 256 g/mol. The van der Waals surface area contributed by atoms with Crippen molar-refractivity contribution in [1.29, 1.82) is 0 Å². The van der Waals surface area contributed by atoms with E-state index in [1.807, 2.05) is 11.3 Å². The van der Waals surface area contributed by atoms with Crippen LogP contribution in [0.2, 0.25) is 0 Å². The molecule has 16 heavy (non-hydrogen) atoms. The summed E-state index contributed by atoms with van der Waals surface area (Å²) in [6.45, 7) is 5.33. The van der Waals surface area contributed by atoms with Crippen molar-refractivity contribution >= 4 is 28.5 Å². The monoisotopic (exact) mass is 256 g/mol. The zero-order valence-electron chi connectivity index (χ0n) is 10.2. The second kappa shape index (κ2) is 6.33. The fraction of sp³-hybridized carbons (Fsp3) is 0.583. The van der Waals surface area contributed by atoms with Gasteiger partial charge < -0.3 is 5.73 Å². The van der Waals surface area contributed by atoms with Crippen LogP contribution in [0.5, 0.6) is 0 Å². The third-order valence-electron chi connectivity index (χ3n) is 2.72. The van der Waals surface area contributed by atoms with Crippen LogP contribution in [0.1, 0.15) is 30.0 Å². The summed E-state index contributed by atoms with van der Waals surface area (Å²) in [5, 5.41) is 0. The quantitative estimate of drug-likeness (QED) is 0.794. The second-order valence-corrected chi connectivity index (χ2v) is 5.93. The van der Waals surface area contributed by atoms with E-state index in [4.69, 9.17) is 18.0 Å². The molecule has 1 atom stereocenters. The second-order valence-electron chi connectivity index (χ2n) is 4.16. The third-order valence-corrected chi connectivity index (χ3v) is 4.10. The van der Waals surface area contributed by atoms with Crippen molar-refractivity contribution in [2.24, 2.45) is 5.73 Å². The van der Waals surface area contributed by atoms with E-state index in [9.17, 15) is 0 Å². The van der Waals surface area contributed by atoms with E-state index in [0.717, 1.165) is 19.4 Å². The van der Waals surface area contributed by atoms with Crippen molar-refractivity contribution in [3.05, 3.63) is 21.9 Å². The van der Waals surface area contributed by atoms with Gasteiger partial charge in [-0.3, -0.25) is 4.90 Å². The predicted octanol–water partition coefficient (Wildman–Crippen LogP) is 2.81. The summed E-state index contributed by atoms with van der Waals surface area (Å²) >= 11 is 6.82. The zero-order valence-corrected chi connectivity index (χ0v) is 11.8. The maximum Gasteiger partial charge on any atom is 0.0742 e. The first-order chi connectivity index (χ1) is 7.52. The number of rotatable bonds is 6. The van der Waals surface area contributed by atoms with Gasteiger partial charge in [0.15, 0.2) is 0 Å². The summed E-state index contributed by atoms with van der Waals surface area (Å²) in [4.78, 5) is 5.75. The molecule has 0 spiro atoms. The number of thiophene rings is 1. The fourth-order valence-electron chi connectivity index (χ4n) is 1.55. The van der Waals surface area contributed by atoms with Gasteiger partial charge in [-0.1, -0.05) is 19.1 Å². The number of hydrogen-bond donors (Lipinski definition) is 1. The largest absolute Gasteiger partial charge is 0.393 e. The molecule has 4 heteroatoms. The minimum absolute atomic E-state index is 0.407. The molecule has 90 valence electrons. The first-order valence-electron chi connectivity index (χ1n) is 5.59. The van der Waals surface area contributed by atoms with Crippen molar-refractivity contribution in [2.45, 2.75) is 39.3 Å². The Morgan fingerprint density at radius 2 is 2.12 bits per heavy atom. The molecule has 1 aromatic rings. The molecule has 0 saturated heterocycles. The van der Waals surface area contributed by atoms with Crippen LogP contribution < -0.4 is 5.73 Å². The molecule has 2 nitrogen and oxygen atoms in total. The van der Waals surface area contributed by atoms with Gasteiger partial charge in [-0.05, 0) is 32.5 Å². The first kappa shape index (κ1) is 13.6. The maximum absolute atomic E-state index is 5.56. The van der Waals surface area contributed by atoms with Gasteiger partial charge in [0.25, 0.3) is 0 Å². The smallest absolute Gasteiger partial charge is 0.0742 e. The highest BCUT2D eigenvalue weighted by Gasteiger charge is 2.11. The molecular formula is C12H20N2S2. The van der Waals surface area contributed by atoms with Gasteiger partial charge in [-0.25, -0.2) is 0 Å². The highest BCUT2D eigenvalue weighted by molar-refractivity contribution is 7.80. The highest BCUT2D eigenvalue weighted by atomic mass is 32.1. The van der Waals surface area contributed by atoms with E-state index in [-0.39, 0.29) is 0 Å². The Morgan fingerprint density at radius 3 is 2.62 bits per heavy atom. The lowest BCUT2D eigenvalue weighted by molar-refractivity contribution is 0.257. The summed E-state index contributed by atoms with van der Waals surface area (Å²) in [5.41, 5.74) is 5.56. The van der Waals surface area contributed by atoms with Crippen LogP contribution in [-0.4, -0.2) is 23.0 Å². The summed E-state index contributed by atoms with van der Waals surface area (Å²) < 4.78 is 0. The molecule has 0 radical (unpaired) electrons. The SMILES string of the molecule is CCc1ccc(CN(C)C(C)CC(N)=S)s1. The van der Waals surface area contributed by atoms with Crippen LogP contribution in [0.3, 0.4) is 0 Å². The Kier molecular flexibility index (Phi) is 5.38. The Hall–Kier alpha value is -0.450. The highest BCUT2D eigenvalue weighted by Crippen LogP contribution is 2.19. The maximum atomic E-state index is 5.56. The molecule has 1 heterocycles. The van der Waals surface area contributed by atoms with E-state index in [0.29, 0.717) is 11.0 Å². The summed E-state index contributed by atoms with van der Waals surface area (Å²) in [6, 6.07) is 4.84. The predicted molar refractivity (Wildman–Crippen MR) is 76.0 cm³/mol. The van der Waals surface area contributed by atoms with Crippen molar-refractivity contribution in [3.63, 3.8) is 0 Å². The standard InChI is InChI=1S/C12H20N2S2/c1-4-10-5-6-11(16-10)8-14(3)9(2)7-12(13)15/h5-6,9H,4,7-8H2,1-3H3,(H2,13,15). The molecule has 0 aliphatic rings. The lowest BCUT2D eigenvalue weighted by Gasteiger charge is -2.23. The van der Waals surface area contributed by atoms with E-state index >= 15 is 0 Å². The summed E-state index contributed by atoms with van der Waals surface area (Å²) in [5.74, 6) is 0. The normalized spacial score (nSPS) is 13.0. The van der Waals surface area contributed by atoms with E-state index in [1.165, 1.54) is 9.75 Å². The number of thiocarbonyl (C=S) groups is 1. The molecule has 0 aliphatic heterocycles. The van der Waals surface area contributed by atoms with E-state index in [2.05, 4.69) is 37.9 Å². The Labute approximate surface area is 107 Å². The Morgan fingerprint density at radius 1 is 1.50 bits per heavy atom. The van der Waals surface area contributed by atoms with E-state index in [1.54, 1.807) is 0 Å². The van der Waals surface area contributed by atoms with Gasteiger partial charge in [-0.15, -0.1) is 11.3 Å². The van der Waals surface area contributed by atoms with Gasteiger partial charge in [0, 0.05) is 28.8 Å². The van der Waals surface area contributed by atoms with Crippen molar-refractivity contribution in [2.75, 3.05) is 7.05 Å². The van der Waals surface area contributed by atoms with Crippen LogP contribution in [0.25, 0.3) is 0 Å². The van der Waals surface area contributed by atoms with Gasteiger partial charge in [0.1, 0.15) is 0 Å². The van der Waals surface area contributed by atoms with E-state index < -0.39 is 0 Å². The lowest BCUT2D eigenvalue weighted by Crippen LogP contribution is -2.31. The third kappa shape index (κ3) is 4.20. The van der Waals surface area contributed by atoms with Crippen molar-refractivity contribution in [1.82, 2.24) is 4.90 Å². The Balaban J connectivity index is 2.49. The minimum atomic E-state index is 0.407. The van der Waals surface area contributed by atoms with Crippen LogP contribution in [0.15, 0.2) is 12.1 Å². The molecule has 1 unspecified atom stereocenters. The van der Waals surface area contributed by atoms with Gasteiger partial charge >= 0.3 is 0 Å². The fourth-order valence-corrected chi connectivity index (χ4v) is 2.81. The van der Waals surface area contributed by atoms with Gasteiger partial charge in [0.2, 0.25) is 0 Å². The Bertz CT molecular complexity index is 347. The topological polar surface area (TPSA) is 29.3 Å². The molecule has 1 rings (SSSR count). The molecule has 0 aromatic carbocycles. The summed E-state index contributed by atoms with van der Waals surface area (Å²) in [7, 11) is 2.12. The molecule has 0 aliphatic carbocycles. The number of nitrogens with zero attached hydrogens (tertiary/aromatic N) is 1. The minimum Gasteiger partial charge on any atom is -0.393 e. The lowest BCUT2D eigenvalue weighted by atomic mass is 10.2. The van der Waals surface area contributed by atoms with Crippen LogP contribution >= 0.6 is 23.6 Å². The molecular weight excluding hydrogens is 236 g/mol. The van der Waals surface area contributed by atoms with Crippen LogP contribution in [-0.2, 0) is 13.0 Å². The molecule has 0 saturated carbocycles. The summed E-state index contributed by atoms with van der Waals surface area (Å²) in [6.07, 6.45) is 1.91. The number of nitrogens with two attached hydrogens (primary N) is 1. The molecule has 0 amide bonds. The molecule has 0 bridgehead atoms. The first-order valence-corrected chi connectivity index (χ1v) is 6.81. The molecule has 0 fully saturated rings. The van der Waals surface area contributed by atoms with Crippen LogP contribution in [0.4, 0.5) is 0 Å². The average Bonchev–Trinajstić information content (AvgIpc) is 2.64. The van der Waals surface area contributed by atoms with Crippen LogP contribution in [0, 0.1) is 0 Å². The number of aryl methyl sites for hydroxylation is 1. The van der Waals surface area contributed by atoms with Crippen molar-refractivity contribution in [3.8, 4) is 0 Å². The van der Waals surface area contributed by atoms with Crippen molar-refractivity contribution < 1.29 is 0 Å². The molecule has 1 aromatic heterocycles.